The summed E-state index contributed by atoms with van der Waals surface area (Å²) in [6.45, 7) is 11.3. The third-order valence-electron chi connectivity index (χ3n) is 6.32. The van der Waals surface area contributed by atoms with Crippen molar-refractivity contribution in [3.05, 3.63) is 70.6 Å². The summed E-state index contributed by atoms with van der Waals surface area (Å²) in [5, 5.41) is 1.66. The lowest BCUT2D eigenvalue weighted by molar-refractivity contribution is 0.0838. The van der Waals surface area contributed by atoms with Crippen LogP contribution in [0.2, 0.25) is 5.02 Å². The zero-order chi connectivity index (χ0) is 24.0. The van der Waals surface area contributed by atoms with Crippen molar-refractivity contribution in [2.75, 3.05) is 24.5 Å². The van der Waals surface area contributed by atoms with Gasteiger partial charge in [-0.15, -0.1) is 0 Å². The van der Waals surface area contributed by atoms with Gasteiger partial charge in [0.1, 0.15) is 0 Å². The number of halogens is 1. The molecule has 3 aromatic rings. The maximum absolute atomic E-state index is 13.9. The van der Waals surface area contributed by atoms with Crippen molar-refractivity contribution in [3.8, 4) is 0 Å². The number of amides is 1. The van der Waals surface area contributed by atoms with Gasteiger partial charge < -0.3 is 9.47 Å². The molecular formula is C26H28ClN5OS. The van der Waals surface area contributed by atoms with E-state index in [0.717, 1.165) is 44.9 Å². The van der Waals surface area contributed by atoms with E-state index in [9.17, 15) is 4.79 Å². The van der Waals surface area contributed by atoms with Crippen LogP contribution in [-0.2, 0) is 6.54 Å². The second kappa shape index (κ2) is 8.78. The second-order valence-corrected chi connectivity index (χ2v) is 11.0. The number of guanidine groups is 1. The molecule has 0 unspecified atom stereocenters. The normalized spacial score (nSPS) is 16.9. The van der Waals surface area contributed by atoms with Crippen molar-refractivity contribution >= 4 is 40.9 Å². The van der Waals surface area contributed by atoms with Crippen LogP contribution in [0, 0.1) is 12.3 Å². The van der Waals surface area contributed by atoms with E-state index in [1.807, 2.05) is 48.2 Å². The summed E-state index contributed by atoms with van der Waals surface area (Å²) in [4.78, 5) is 28.0. The number of anilines is 1. The van der Waals surface area contributed by atoms with Gasteiger partial charge in [0.2, 0.25) is 5.96 Å². The summed E-state index contributed by atoms with van der Waals surface area (Å²) in [6, 6.07) is 11.9. The van der Waals surface area contributed by atoms with E-state index in [-0.39, 0.29) is 11.3 Å². The molecule has 8 heteroatoms. The first-order valence-electron chi connectivity index (χ1n) is 11.5. The van der Waals surface area contributed by atoms with Crippen LogP contribution >= 0.6 is 23.4 Å². The smallest absolute Gasteiger partial charge is 0.265 e. The number of carbonyl (C=O) groups is 1. The molecule has 176 valence electrons. The summed E-state index contributed by atoms with van der Waals surface area (Å²) in [6.07, 6.45) is 3.57. The molecule has 0 spiro atoms. The average molecular weight is 494 g/mol. The molecule has 2 aliphatic rings. The minimum absolute atomic E-state index is 0.0155. The number of aliphatic imine (C=N–C) groups is 1. The summed E-state index contributed by atoms with van der Waals surface area (Å²) in [5.41, 5.74) is 3.95. The molecule has 4 heterocycles. The van der Waals surface area contributed by atoms with Crippen molar-refractivity contribution in [1.82, 2.24) is 14.5 Å². The number of carbonyl (C=O) groups excluding carboxylic acids is 1. The monoisotopic (exact) mass is 493 g/mol. The van der Waals surface area contributed by atoms with Crippen LogP contribution in [0.25, 0.3) is 0 Å². The van der Waals surface area contributed by atoms with Crippen LogP contribution in [-0.4, -0.2) is 46.0 Å². The Morgan fingerprint density at radius 2 is 1.82 bits per heavy atom. The fourth-order valence-electron chi connectivity index (χ4n) is 4.65. The third-order valence-corrected chi connectivity index (χ3v) is 7.70. The fraction of sp³-hybridized carbons (Fsp3) is 0.346. The lowest BCUT2D eigenvalue weighted by Crippen LogP contribution is -2.57. The minimum atomic E-state index is 0.0155. The molecular weight excluding hydrogens is 466 g/mol. The number of hydrogen-bond acceptors (Lipinski definition) is 5. The standard InChI is InChI=1S/C26H28ClN5OS/c1-5-30-23(33)21-22(32-16-26(3,4)15-29-25(30)32)17(2)31(14-18-6-8-19(27)9-7-18)24(21)34-20-10-12-28-13-11-20/h6-13H,5,14-16H2,1-4H3. The van der Waals surface area contributed by atoms with E-state index in [1.54, 1.807) is 24.2 Å². The minimum Gasteiger partial charge on any atom is -0.333 e. The highest BCUT2D eigenvalue weighted by molar-refractivity contribution is 7.99. The van der Waals surface area contributed by atoms with E-state index in [0.29, 0.717) is 24.7 Å². The van der Waals surface area contributed by atoms with Gasteiger partial charge in [-0.25, -0.2) is 0 Å². The summed E-state index contributed by atoms with van der Waals surface area (Å²) in [5.74, 6) is 0.785. The SMILES string of the molecule is CCN1C(=O)c2c(c(C)n(Cc3ccc(Cl)cc3)c2Sc2ccncc2)N2CC(C)(C)CN=C12. The van der Waals surface area contributed by atoms with Gasteiger partial charge in [0, 0.05) is 59.6 Å². The number of hydrogen-bond donors (Lipinski definition) is 0. The van der Waals surface area contributed by atoms with Crippen molar-refractivity contribution in [2.24, 2.45) is 10.4 Å². The zero-order valence-corrected chi connectivity index (χ0v) is 21.5. The number of aromatic nitrogens is 2. The van der Waals surface area contributed by atoms with Crippen LogP contribution in [0.4, 0.5) is 5.69 Å². The predicted molar refractivity (Wildman–Crippen MR) is 138 cm³/mol. The molecule has 5 rings (SSSR count). The van der Waals surface area contributed by atoms with Crippen molar-refractivity contribution in [3.63, 3.8) is 0 Å². The van der Waals surface area contributed by atoms with Gasteiger partial charge in [-0.2, -0.15) is 0 Å². The van der Waals surface area contributed by atoms with Crippen LogP contribution in [0.15, 0.2) is 63.7 Å². The molecule has 34 heavy (non-hydrogen) atoms. The molecule has 0 bridgehead atoms. The molecule has 0 aliphatic carbocycles. The van der Waals surface area contributed by atoms with E-state index >= 15 is 0 Å². The Hall–Kier alpha value is -2.77. The summed E-state index contributed by atoms with van der Waals surface area (Å²) < 4.78 is 2.26. The fourth-order valence-corrected chi connectivity index (χ4v) is 5.85. The molecule has 2 aliphatic heterocycles. The molecule has 2 aromatic heterocycles. The van der Waals surface area contributed by atoms with Gasteiger partial charge in [-0.1, -0.05) is 49.3 Å². The van der Waals surface area contributed by atoms with Gasteiger partial charge in [-0.05, 0) is 43.7 Å². The van der Waals surface area contributed by atoms with Gasteiger partial charge in [-0.3, -0.25) is 19.7 Å². The third kappa shape index (κ3) is 4.01. The van der Waals surface area contributed by atoms with Gasteiger partial charge >= 0.3 is 0 Å². The van der Waals surface area contributed by atoms with E-state index in [1.165, 1.54) is 0 Å². The first-order valence-corrected chi connectivity index (χ1v) is 12.7. The maximum atomic E-state index is 13.9. The lowest BCUT2D eigenvalue weighted by atomic mass is 9.90. The highest BCUT2D eigenvalue weighted by Crippen LogP contribution is 2.45. The quantitative estimate of drug-likeness (QED) is 0.456. The van der Waals surface area contributed by atoms with Crippen molar-refractivity contribution in [2.45, 2.75) is 44.2 Å². The van der Waals surface area contributed by atoms with Gasteiger partial charge in [0.25, 0.3) is 5.91 Å². The second-order valence-electron chi connectivity index (χ2n) is 9.53. The lowest BCUT2D eigenvalue weighted by Gasteiger charge is -2.44. The number of pyridine rings is 1. The Kier molecular flexibility index (Phi) is 5.94. The summed E-state index contributed by atoms with van der Waals surface area (Å²) >= 11 is 7.74. The highest BCUT2D eigenvalue weighted by Gasteiger charge is 2.44. The number of rotatable bonds is 5. The first kappa shape index (κ1) is 23.0. The molecule has 0 saturated carbocycles. The Labute approximate surface area is 209 Å². The number of nitrogens with zero attached hydrogens (tertiary/aromatic N) is 5. The topological polar surface area (TPSA) is 53.7 Å². The largest absolute Gasteiger partial charge is 0.333 e. The van der Waals surface area contributed by atoms with Crippen LogP contribution in [0.1, 0.15) is 42.4 Å². The molecule has 0 saturated heterocycles. The Bertz CT molecular complexity index is 1270. The molecule has 0 N–H and O–H groups in total. The predicted octanol–water partition coefficient (Wildman–Crippen LogP) is 5.72. The number of fused-ring (bicyclic) bond motifs is 3. The highest BCUT2D eigenvalue weighted by atomic mass is 35.5. The molecule has 0 radical (unpaired) electrons. The van der Waals surface area contributed by atoms with E-state index in [4.69, 9.17) is 16.6 Å². The molecule has 6 nitrogen and oxygen atoms in total. The van der Waals surface area contributed by atoms with Gasteiger partial charge in [0.15, 0.2) is 0 Å². The Morgan fingerprint density at radius 1 is 1.12 bits per heavy atom. The van der Waals surface area contributed by atoms with Crippen LogP contribution in [0.5, 0.6) is 0 Å². The Balaban J connectivity index is 1.71. The first-order chi connectivity index (χ1) is 16.3. The molecule has 1 amide bonds. The van der Waals surface area contributed by atoms with E-state index < -0.39 is 0 Å². The van der Waals surface area contributed by atoms with Gasteiger partial charge in [0.05, 0.1) is 16.3 Å². The molecule has 0 atom stereocenters. The van der Waals surface area contributed by atoms with E-state index in [2.05, 4.69) is 35.2 Å². The number of benzene rings is 1. The summed E-state index contributed by atoms with van der Waals surface area (Å²) in [7, 11) is 0. The Morgan fingerprint density at radius 3 is 2.50 bits per heavy atom. The molecule has 1 aromatic carbocycles. The zero-order valence-electron chi connectivity index (χ0n) is 19.9. The van der Waals surface area contributed by atoms with Crippen LogP contribution < -0.4 is 4.90 Å². The van der Waals surface area contributed by atoms with Crippen molar-refractivity contribution in [1.29, 1.82) is 0 Å². The van der Waals surface area contributed by atoms with Crippen molar-refractivity contribution < 1.29 is 4.79 Å². The average Bonchev–Trinajstić information content (AvgIpc) is 3.08. The van der Waals surface area contributed by atoms with Crippen LogP contribution in [0.3, 0.4) is 0 Å². The maximum Gasteiger partial charge on any atom is 0.265 e. The molecule has 0 fully saturated rings.